The molecule has 2 aromatic rings. The largest absolute Gasteiger partial charge is 0.309 e. The van der Waals surface area contributed by atoms with Gasteiger partial charge in [-0.05, 0) is 18.2 Å². The number of thiazole rings is 1. The van der Waals surface area contributed by atoms with Crippen molar-refractivity contribution in [3.8, 4) is 10.6 Å². The van der Waals surface area contributed by atoms with E-state index in [-0.39, 0.29) is 0 Å². The van der Waals surface area contributed by atoms with Crippen LogP contribution in [-0.4, -0.2) is 11.0 Å². The van der Waals surface area contributed by atoms with Crippen molar-refractivity contribution in [2.75, 3.05) is 0 Å². The van der Waals surface area contributed by atoms with E-state index in [1.54, 1.807) is 23.5 Å². The second-order valence-corrected chi connectivity index (χ2v) is 6.01. The molecule has 0 saturated carbocycles. The average molecular weight is 301 g/mol. The molecule has 18 heavy (non-hydrogen) atoms. The van der Waals surface area contributed by atoms with Crippen LogP contribution in [0.15, 0.2) is 23.6 Å². The maximum Gasteiger partial charge on any atom is 0.125 e. The highest BCUT2D eigenvalue weighted by Crippen LogP contribution is 2.32. The number of aromatic nitrogens is 1. The third-order valence-electron chi connectivity index (χ3n) is 2.40. The van der Waals surface area contributed by atoms with Crippen molar-refractivity contribution in [2.24, 2.45) is 0 Å². The van der Waals surface area contributed by atoms with Gasteiger partial charge in [-0.3, -0.25) is 0 Å². The Morgan fingerprint density at radius 3 is 2.83 bits per heavy atom. The van der Waals surface area contributed by atoms with Gasteiger partial charge in [-0.2, -0.15) is 0 Å². The summed E-state index contributed by atoms with van der Waals surface area (Å²) in [6, 6.07) is 5.88. The van der Waals surface area contributed by atoms with Crippen molar-refractivity contribution < 1.29 is 0 Å². The highest BCUT2D eigenvalue weighted by atomic mass is 35.5. The maximum atomic E-state index is 6.16. The summed E-state index contributed by atoms with van der Waals surface area (Å²) < 4.78 is 0. The van der Waals surface area contributed by atoms with E-state index in [1.165, 1.54) is 0 Å². The Morgan fingerprint density at radius 2 is 2.11 bits per heavy atom. The standard InChI is InChI=1S/C13H14Cl2N2S/c1-8(2)16-6-10-7-18-13(17-10)11-5-9(14)3-4-12(11)15/h3-5,7-8,16H,6H2,1-2H3. The van der Waals surface area contributed by atoms with Crippen molar-refractivity contribution in [3.05, 3.63) is 39.3 Å². The summed E-state index contributed by atoms with van der Waals surface area (Å²) in [7, 11) is 0. The molecule has 0 atom stereocenters. The summed E-state index contributed by atoms with van der Waals surface area (Å²) in [4.78, 5) is 4.57. The summed E-state index contributed by atoms with van der Waals surface area (Å²) in [6.07, 6.45) is 0. The molecule has 1 aromatic carbocycles. The Morgan fingerprint density at radius 1 is 1.33 bits per heavy atom. The molecule has 0 fully saturated rings. The zero-order valence-electron chi connectivity index (χ0n) is 10.2. The molecule has 0 saturated heterocycles. The number of benzene rings is 1. The van der Waals surface area contributed by atoms with Gasteiger partial charge in [0.1, 0.15) is 5.01 Å². The van der Waals surface area contributed by atoms with Gasteiger partial charge in [0.15, 0.2) is 0 Å². The molecule has 0 spiro atoms. The van der Waals surface area contributed by atoms with Gasteiger partial charge >= 0.3 is 0 Å². The second-order valence-electron chi connectivity index (χ2n) is 4.30. The summed E-state index contributed by atoms with van der Waals surface area (Å²) in [6.45, 7) is 4.99. The van der Waals surface area contributed by atoms with E-state index >= 15 is 0 Å². The molecule has 5 heteroatoms. The minimum absolute atomic E-state index is 0.449. The molecule has 2 nitrogen and oxygen atoms in total. The first kappa shape index (κ1) is 13.8. The predicted molar refractivity (Wildman–Crippen MR) is 79.5 cm³/mol. The number of nitrogens with one attached hydrogen (secondary N) is 1. The number of hydrogen-bond donors (Lipinski definition) is 1. The number of nitrogens with zero attached hydrogens (tertiary/aromatic N) is 1. The lowest BCUT2D eigenvalue weighted by Crippen LogP contribution is -2.21. The Bertz CT molecular complexity index is 538. The first-order valence-electron chi connectivity index (χ1n) is 5.69. The van der Waals surface area contributed by atoms with E-state index in [2.05, 4.69) is 24.1 Å². The zero-order chi connectivity index (χ0) is 13.1. The molecule has 0 radical (unpaired) electrons. The smallest absolute Gasteiger partial charge is 0.125 e. The fraction of sp³-hybridized carbons (Fsp3) is 0.308. The molecule has 0 aliphatic rings. The lowest BCUT2D eigenvalue weighted by molar-refractivity contribution is 0.583. The van der Waals surface area contributed by atoms with E-state index in [9.17, 15) is 0 Å². The molecule has 0 unspecified atom stereocenters. The molecular weight excluding hydrogens is 287 g/mol. The van der Waals surface area contributed by atoms with E-state index in [0.717, 1.165) is 22.8 Å². The van der Waals surface area contributed by atoms with Crippen molar-refractivity contribution in [1.29, 1.82) is 0 Å². The van der Waals surface area contributed by atoms with Crippen LogP contribution in [-0.2, 0) is 6.54 Å². The van der Waals surface area contributed by atoms with Gasteiger partial charge in [0.25, 0.3) is 0 Å². The number of hydrogen-bond acceptors (Lipinski definition) is 3. The van der Waals surface area contributed by atoms with Crippen molar-refractivity contribution in [1.82, 2.24) is 10.3 Å². The van der Waals surface area contributed by atoms with Crippen LogP contribution in [0.2, 0.25) is 10.0 Å². The van der Waals surface area contributed by atoms with Crippen LogP contribution in [0.5, 0.6) is 0 Å². The molecule has 1 N–H and O–H groups in total. The molecule has 1 heterocycles. The van der Waals surface area contributed by atoms with Crippen LogP contribution in [0.1, 0.15) is 19.5 Å². The van der Waals surface area contributed by atoms with Crippen molar-refractivity contribution >= 4 is 34.5 Å². The Kier molecular flexibility index (Phi) is 4.62. The van der Waals surface area contributed by atoms with E-state index in [4.69, 9.17) is 23.2 Å². The third-order valence-corrected chi connectivity index (χ3v) is 3.89. The summed E-state index contributed by atoms with van der Waals surface area (Å²) in [5.74, 6) is 0. The lowest BCUT2D eigenvalue weighted by Gasteiger charge is -2.05. The lowest BCUT2D eigenvalue weighted by atomic mass is 10.2. The van der Waals surface area contributed by atoms with Gasteiger partial charge in [0.2, 0.25) is 0 Å². The molecule has 0 amide bonds. The topological polar surface area (TPSA) is 24.9 Å². The highest BCUT2D eigenvalue weighted by molar-refractivity contribution is 7.13. The Labute approximate surface area is 121 Å². The number of rotatable bonds is 4. The highest BCUT2D eigenvalue weighted by Gasteiger charge is 2.09. The number of halogens is 2. The fourth-order valence-electron chi connectivity index (χ4n) is 1.48. The summed E-state index contributed by atoms with van der Waals surface area (Å²) in [5, 5.41) is 7.64. The van der Waals surface area contributed by atoms with Gasteiger partial charge < -0.3 is 5.32 Å². The van der Waals surface area contributed by atoms with Crippen molar-refractivity contribution in [3.63, 3.8) is 0 Å². The Balaban J connectivity index is 2.21. The zero-order valence-corrected chi connectivity index (χ0v) is 12.5. The maximum absolute atomic E-state index is 6.16. The van der Waals surface area contributed by atoms with Gasteiger partial charge in [0, 0.05) is 28.6 Å². The monoisotopic (exact) mass is 300 g/mol. The molecule has 2 rings (SSSR count). The van der Waals surface area contributed by atoms with Gasteiger partial charge in [0.05, 0.1) is 10.7 Å². The molecule has 0 bridgehead atoms. The first-order chi connectivity index (χ1) is 8.56. The van der Waals surface area contributed by atoms with Gasteiger partial charge in [-0.25, -0.2) is 4.98 Å². The molecule has 0 aliphatic carbocycles. The predicted octanol–water partition coefficient (Wildman–Crippen LogP) is 4.61. The van der Waals surface area contributed by atoms with E-state index in [0.29, 0.717) is 16.1 Å². The van der Waals surface area contributed by atoms with Crippen LogP contribution in [0.4, 0.5) is 0 Å². The Hall–Kier alpha value is -0.610. The van der Waals surface area contributed by atoms with Crippen molar-refractivity contribution in [2.45, 2.75) is 26.4 Å². The normalized spacial score (nSPS) is 11.2. The second kappa shape index (κ2) is 6.02. The SMILES string of the molecule is CC(C)NCc1csc(-c2cc(Cl)ccc2Cl)n1. The minimum atomic E-state index is 0.449. The third kappa shape index (κ3) is 3.45. The molecule has 96 valence electrons. The van der Waals surface area contributed by atoms with E-state index < -0.39 is 0 Å². The van der Waals surface area contributed by atoms with Crippen LogP contribution in [0.3, 0.4) is 0 Å². The van der Waals surface area contributed by atoms with Crippen LogP contribution in [0, 0.1) is 0 Å². The summed E-state index contributed by atoms with van der Waals surface area (Å²) >= 11 is 13.7. The van der Waals surface area contributed by atoms with Gasteiger partial charge in [-0.1, -0.05) is 37.0 Å². The van der Waals surface area contributed by atoms with Crippen LogP contribution in [0.25, 0.3) is 10.6 Å². The van der Waals surface area contributed by atoms with Gasteiger partial charge in [-0.15, -0.1) is 11.3 Å². The molecule has 0 aliphatic heterocycles. The minimum Gasteiger partial charge on any atom is -0.309 e. The van der Waals surface area contributed by atoms with E-state index in [1.807, 2.05) is 11.4 Å². The fourth-order valence-corrected chi connectivity index (χ4v) is 2.77. The quantitative estimate of drug-likeness (QED) is 0.891. The molecular formula is C13H14Cl2N2S. The van der Waals surface area contributed by atoms with Crippen LogP contribution < -0.4 is 5.32 Å². The summed E-state index contributed by atoms with van der Waals surface area (Å²) in [5.41, 5.74) is 1.92. The molecule has 1 aromatic heterocycles. The first-order valence-corrected chi connectivity index (χ1v) is 7.33. The van der Waals surface area contributed by atoms with Crippen LogP contribution >= 0.6 is 34.5 Å². The average Bonchev–Trinajstić information content (AvgIpc) is 2.78.